The number of hydrogen-bond donors (Lipinski definition) is 2. The topological polar surface area (TPSA) is 67.4 Å². The number of rotatable bonds is 1. The van der Waals surface area contributed by atoms with Crippen molar-refractivity contribution in [1.29, 1.82) is 0 Å². The zero-order chi connectivity index (χ0) is 14.4. The summed E-state index contributed by atoms with van der Waals surface area (Å²) in [7, 11) is 0. The molecule has 0 unspecified atom stereocenters. The lowest BCUT2D eigenvalue weighted by molar-refractivity contribution is -0.118. The fourth-order valence-corrected chi connectivity index (χ4v) is 2.72. The summed E-state index contributed by atoms with van der Waals surface area (Å²) in [6, 6.07) is 11.4. The number of amides is 2. The first-order valence-electron chi connectivity index (χ1n) is 6.69. The van der Waals surface area contributed by atoms with Crippen molar-refractivity contribution in [2.45, 2.75) is 6.54 Å². The van der Waals surface area contributed by atoms with Crippen LogP contribution < -0.4 is 15.4 Å². The Morgan fingerprint density at radius 3 is 2.86 bits per heavy atom. The van der Waals surface area contributed by atoms with Crippen LogP contribution in [0.4, 0.5) is 5.69 Å². The molecule has 5 nitrogen and oxygen atoms in total. The second kappa shape index (κ2) is 4.34. The summed E-state index contributed by atoms with van der Waals surface area (Å²) < 4.78 is 5.55. The number of para-hydroxylation sites is 1. The molecule has 2 amide bonds. The Morgan fingerprint density at radius 1 is 1.05 bits per heavy atom. The molecule has 5 heteroatoms. The maximum Gasteiger partial charge on any atom is 0.262 e. The van der Waals surface area contributed by atoms with E-state index in [0.717, 1.165) is 16.7 Å². The molecule has 21 heavy (non-hydrogen) atoms. The average Bonchev–Trinajstić information content (AvgIpc) is 2.87. The fourth-order valence-electron chi connectivity index (χ4n) is 2.72. The van der Waals surface area contributed by atoms with Crippen molar-refractivity contribution in [3.05, 3.63) is 47.5 Å². The minimum atomic E-state index is -0.159. The molecule has 0 fully saturated rings. The van der Waals surface area contributed by atoms with E-state index < -0.39 is 0 Å². The molecule has 104 valence electrons. The third-order valence-electron chi connectivity index (χ3n) is 3.74. The van der Waals surface area contributed by atoms with Gasteiger partial charge in [-0.25, -0.2) is 0 Å². The molecule has 2 aliphatic rings. The molecule has 2 aromatic rings. The maximum absolute atomic E-state index is 11.8. The van der Waals surface area contributed by atoms with Crippen molar-refractivity contribution in [3.8, 4) is 16.9 Å². The monoisotopic (exact) mass is 280 g/mol. The van der Waals surface area contributed by atoms with E-state index in [2.05, 4.69) is 10.6 Å². The number of nitrogens with one attached hydrogen (secondary N) is 2. The molecule has 0 bridgehead atoms. The number of hydrogen-bond acceptors (Lipinski definition) is 3. The zero-order valence-corrected chi connectivity index (χ0v) is 11.1. The summed E-state index contributed by atoms with van der Waals surface area (Å²) in [6.07, 6.45) is 0. The minimum absolute atomic E-state index is 0.00937. The second-order valence-electron chi connectivity index (χ2n) is 5.07. The van der Waals surface area contributed by atoms with Gasteiger partial charge in [-0.15, -0.1) is 0 Å². The molecule has 2 aliphatic heterocycles. The molecule has 0 aliphatic carbocycles. The number of carbonyl (C=O) groups is 2. The zero-order valence-electron chi connectivity index (χ0n) is 11.1. The molecule has 0 aromatic heterocycles. The van der Waals surface area contributed by atoms with Gasteiger partial charge in [-0.1, -0.05) is 24.3 Å². The summed E-state index contributed by atoms with van der Waals surface area (Å²) in [5.74, 6) is 0.439. The van der Waals surface area contributed by atoms with Gasteiger partial charge in [0.2, 0.25) is 0 Å². The molecule has 2 N–H and O–H groups in total. The molecular formula is C16H12N2O3. The van der Waals surface area contributed by atoms with Crippen molar-refractivity contribution in [3.63, 3.8) is 0 Å². The SMILES string of the molecule is O=C1COc2c(cccc2-c2ccc3c(c2)C(=O)NC3)N1. The highest BCUT2D eigenvalue weighted by Gasteiger charge is 2.22. The smallest absolute Gasteiger partial charge is 0.262 e. The number of anilines is 1. The lowest BCUT2D eigenvalue weighted by Gasteiger charge is -2.20. The average molecular weight is 280 g/mol. The molecule has 0 atom stereocenters. The van der Waals surface area contributed by atoms with Crippen LogP contribution in [0.15, 0.2) is 36.4 Å². The van der Waals surface area contributed by atoms with Gasteiger partial charge in [-0.3, -0.25) is 9.59 Å². The standard InChI is InChI=1S/C16H12N2O3/c19-14-8-21-15-11(2-1-3-13(15)18-14)9-4-5-10-7-17-16(20)12(10)6-9/h1-6H,7-8H2,(H,17,20)(H,18,19). The predicted molar refractivity (Wildman–Crippen MR) is 77.2 cm³/mol. The molecular weight excluding hydrogens is 268 g/mol. The van der Waals surface area contributed by atoms with Gasteiger partial charge in [-0.2, -0.15) is 0 Å². The van der Waals surface area contributed by atoms with E-state index in [-0.39, 0.29) is 18.4 Å². The van der Waals surface area contributed by atoms with Crippen LogP contribution in [0.3, 0.4) is 0 Å². The van der Waals surface area contributed by atoms with E-state index in [0.29, 0.717) is 23.5 Å². The van der Waals surface area contributed by atoms with E-state index in [1.165, 1.54) is 0 Å². The molecule has 2 heterocycles. The number of carbonyl (C=O) groups excluding carboxylic acids is 2. The Labute approximate surface area is 120 Å². The van der Waals surface area contributed by atoms with E-state index in [1.54, 1.807) is 6.07 Å². The Morgan fingerprint density at radius 2 is 1.95 bits per heavy atom. The first kappa shape index (κ1) is 12.0. The van der Waals surface area contributed by atoms with Gasteiger partial charge in [0.15, 0.2) is 12.4 Å². The van der Waals surface area contributed by atoms with Gasteiger partial charge in [0, 0.05) is 17.7 Å². The van der Waals surface area contributed by atoms with Crippen LogP contribution in [0.5, 0.6) is 5.75 Å². The second-order valence-corrected chi connectivity index (χ2v) is 5.07. The van der Waals surface area contributed by atoms with Gasteiger partial charge < -0.3 is 15.4 Å². The minimum Gasteiger partial charge on any atom is -0.481 e. The molecule has 0 saturated carbocycles. The third kappa shape index (κ3) is 1.86. The lowest BCUT2D eigenvalue weighted by atomic mass is 9.98. The molecule has 0 saturated heterocycles. The lowest BCUT2D eigenvalue weighted by Crippen LogP contribution is -2.25. The first-order chi connectivity index (χ1) is 10.2. The summed E-state index contributed by atoms with van der Waals surface area (Å²) in [6.45, 7) is 0.587. The molecule has 0 spiro atoms. The van der Waals surface area contributed by atoms with Crippen LogP contribution >= 0.6 is 0 Å². The van der Waals surface area contributed by atoms with Crippen LogP contribution in [0.1, 0.15) is 15.9 Å². The van der Waals surface area contributed by atoms with Gasteiger partial charge in [0.25, 0.3) is 11.8 Å². The normalized spacial score (nSPS) is 15.6. The number of fused-ring (bicyclic) bond motifs is 2. The van der Waals surface area contributed by atoms with Crippen LogP contribution in [0.2, 0.25) is 0 Å². The van der Waals surface area contributed by atoms with E-state index in [4.69, 9.17) is 4.74 Å². The van der Waals surface area contributed by atoms with E-state index in [1.807, 2.05) is 30.3 Å². The van der Waals surface area contributed by atoms with Crippen LogP contribution in [-0.2, 0) is 11.3 Å². The Bertz CT molecular complexity index is 783. The summed E-state index contributed by atoms with van der Waals surface area (Å²) in [5.41, 5.74) is 4.13. The third-order valence-corrected chi connectivity index (χ3v) is 3.74. The highest BCUT2D eigenvalue weighted by molar-refractivity contribution is 6.01. The van der Waals surface area contributed by atoms with Gasteiger partial charge in [0.1, 0.15) is 0 Å². The van der Waals surface area contributed by atoms with Crippen LogP contribution in [0, 0.1) is 0 Å². The van der Waals surface area contributed by atoms with Crippen molar-refractivity contribution in [1.82, 2.24) is 5.32 Å². The summed E-state index contributed by atoms with van der Waals surface area (Å²) in [4.78, 5) is 23.2. The Balaban J connectivity index is 1.85. The first-order valence-corrected chi connectivity index (χ1v) is 6.69. The van der Waals surface area contributed by atoms with E-state index >= 15 is 0 Å². The van der Waals surface area contributed by atoms with Crippen molar-refractivity contribution < 1.29 is 14.3 Å². The fraction of sp³-hybridized carbons (Fsp3) is 0.125. The summed E-state index contributed by atoms with van der Waals surface area (Å²) in [5, 5.41) is 5.59. The molecule has 2 aromatic carbocycles. The van der Waals surface area contributed by atoms with E-state index in [9.17, 15) is 9.59 Å². The Kier molecular flexibility index (Phi) is 2.47. The van der Waals surface area contributed by atoms with Crippen molar-refractivity contribution in [2.75, 3.05) is 11.9 Å². The molecule has 0 radical (unpaired) electrons. The summed E-state index contributed by atoms with van der Waals surface area (Å²) >= 11 is 0. The maximum atomic E-state index is 11.8. The van der Waals surface area contributed by atoms with Crippen LogP contribution in [0.25, 0.3) is 11.1 Å². The van der Waals surface area contributed by atoms with Gasteiger partial charge >= 0.3 is 0 Å². The molecule has 4 rings (SSSR count). The highest BCUT2D eigenvalue weighted by atomic mass is 16.5. The largest absolute Gasteiger partial charge is 0.481 e. The van der Waals surface area contributed by atoms with Gasteiger partial charge in [-0.05, 0) is 23.3 Å². The number of benzene rings is 2. The van der Waals surface area contributed by atoms with Crippen molar-refractivity contribution in [2.24, 2.45) is 0 Å². The van der Waals surface area contributed by atoms with Crippen molar-refractivity contribution >= 4 is 17.5 Å². The van der Waals surface area contributed by atoms with Gasteiger partial charge in [0.05, 0.1) is 5.69 Å². The predicted octanol–water partition coefficient (Wildman–Crippen LogP) is 1.93. The quantitative estimate of drug-likeness (QED) is 0.838. The Hall–Kier alpha value is -2.82. The highest BCUT2D eigenvalue weighted by Crippen LogP contribution is 2.39. The number of ether oxygens (including phenoxy) is 1. The van der Waals surface area contributed by atoms with Crippen LogP contribution in [-0.4, -0.2) is 18.4 Å².